The topological polar surface area (TPSA) is 35.5 Å². The SMILES string of the molecule is Cc1ccc(OCC(=O)Oc2ccc(Br)c(C)c2)c(Br)c1. The summed E-state index contributed by atoms with van der Waals surface area (Å²) in [5, 5.41) is 0. The van der Waals surface area contributed by atoms with Crippen LogP contribution in [0.1, 0.15) is 11.1 Å². The number of rotatable bonds is 4. The zero-order valence-electron chi connectivity index (χ0n) is 11.7. The highest BCUT2D eigenvalue weighted by Crippen LogP contribution is 2.26. The molecule has 0 aliphatic heterocycles. The molecule has 0 heterocycles. The molecule has 0 N–H and O–H groups in total. The molecular formula is C16H14Br2O3. The second-order valence-electron chi connectivity index (χ2n) is 4.61. The first-order valence-corrected chi connectivity index (χ1v) is 7.90. The number of hydrogen-bond donors (Lipinski definition) is 0. The van der Waals surface area contributed by atoms with Crippen LogP contribution in [-0.4, -0.2) is 12.6 Å². The van der Waals surface area contributed by atoms with E-state index in [1.807, 2.05) is 38.1 Å². The summed E-state index contributed by atoms with van der Waals surface area (Å²) < 4.78 is 12.5. The van der Waals surface area contributed by atoms with Crippen molar-refractivity contribution in [3.63, 3.8) is 0 Å². The molecular weight excluding hydrogens is 400 g/mol. The van der Waals surface area contributed by atoms with E-state index in [0.29, 0.717) is 11.5 Å². The van der Waals surface area contributed by atoms with Crippen molar-refractivity contribution < 1.29 is 14.3 Å². The van der Waals surface area contributed by atoms with Gasteiger partial charge in [-0.15, -0.1) is 0 Å². The quantitative estimate of drug-likeness (QED) is 0.532. The zero-order chi connectivity index (χ0) is 15.4. The fraction of sp³-hybridized carbons (Fsp3) is 0.188. The zero-order valence-corrected chi connectivity index (χ0v) is 14.8. The third-order valence-corrected chi connectivity index (χ3v) is 4.30. The molecule has 0 saturated heterocycles. The summed E-state index contributed by atoms with van der Waals surface area (Å²) >= 11 is 6.80. The molecule has 0 aliphatic rings. The van der Waals surface area contributed by atoms with Gasteiger partial charge >= 0.3 is 5.97 Å². The van der Waals surface area contributed by atoms with Gasteiger partial charge in [0.05, 0.1) is 4.47 Å². The van der Waals surface area contributed by atoms with Gasteiger partial charge in [0, 0.05) is 4.47 Å². The van der Waals surface area contributed by atoms with E-state index in [1.54, 1.807) is 12.1 Å². The van der Waals surface area contributed by atoms with E-state index >= 15 is 0 Å². The van der Waals surface area contributed by atoms with Crippen LogP contribution in [0.2, 0.25) is 0 Å². The van der Waals surface area contributed by atoms with E-state index in [0.717, 1.165) is 20.1 Å². The summed E-state index contributed by atoms with van der Waals surface area (Å²) in [6.07, 6.45) is 0. The Hall–Kier alpha value is -1.33. The third kappa shape index (κ3) is 4.58. The van der Waals surface area contributed by atoms with Crippen LogP contribution >= 0.6 is 31.9 Å². The summed E-state index contributed by atoms with van der Waals surface area (Å²) in [5.74, 6) is 0.681. The van der Waals surface area contributed by atoms with Crippen LogP contribution in [0, 0.1) is 13.8 Å². The van der Waals surface area contributed by atoms with E-state index in [-0.39, 0.29) is 6.61 Å². The van der Waals surface area contributed by atoms with Gasteiger partial charge in [-0.05, 0) is 71.2 Å². The number of carbonyl (C=O) groups is 1. The normalized spacial score (nSPS) is 10.3. The fourth-order valence-corrected chi connectivity index (χ4v) is 2.56. The Labute approximate surface area is 140 Å². The number of aryl methyl sites for hydroxylation is 2. The summed E-state index contributed by atoms with van der Waals surface area (Å²) in [7, 11) is 0. The highest BCUT2D eigenvalue weighted by molar-refractivity contribution is 9.10. The maximum atomic E-state index is 11.8. The molecule has 110 valence electrons. The number of benzene rings is 2. The van der Waals surface area contributed by atoms with E-state index < -0.39 is 5.97 Å². The Morgan fingerprint density at radius 3 is 2.48 bits per heavy atom. The molecule has 21 heavy (non-hydrogen) atoms. The van der Waals surface area contributed by atoms with Gasteiger partial charge in [0.2, 0.25) is 0 Å². The molecule has 0 amide bonds. The standard InChI is InChI=1S/C16H14Br2O3/c1-10-3-6-15(14(18)7-10)20-9-16(19)21-12-4-5-13(17)11(2)8-12/h3-8H,9H2,1-2H3. The molecule has 0 spiro atoms. The maximum absolute atomic E-state index is 11.8. The minimum absolute atomic E-state index is 0.142. The molecule has 2 aromatic carbocycles. The summed E-state index contributed by atoms with van der Waals surface area (Å²) in [6.45, 7) is 3.77. The van der Waals surface area contributed by atoms with Crippen molar-refractivity contribution in [3.8, 4) is 11.5 Å². The average molecular weight is 414 g/mol. The van der Waals surface area contributed by atoms with Crippen molar-refractivity contribution in [1.29, 1.82) is 0 Å². The molecule has 0 bridgehead atoms. The van der Waals surface area contributed by atoms with E-state index in [1.165, 1.54) is 0 Å². The highest BCUT2D eigenvalue weighted by atomic mass is 79.9. The summed E-state index contributed by atoms with van der Waals surface area (Å²) in [5.41, 5.74) is 2.12. The molecule has 0 fully saturated rings. The molecule has 3 nitrogen and oxygen atoms in total. The van der Waals surface area contributed by atoms with Crippen LogP contribution in [0.5, 0.6) is 11.5 Å². The smallest absolute Gasteiger partial charge is 0.349 e. The first-order chi connectivity index (χ1) is 9.95. The Morgan fingerprint density at radius 1 is 1.05 bits per heavy atom. The molecule has 5 heteroatoms. The number of ether oxygens (including phenoxy) is 2. The molecule has 2 rings (SSSR count). The number of halogens is 2. The van der Waals surface area contributed by atoms with Crippen LogP contribution in [0.4, 0.5) is 0 Å². The van der Waals surface area contributed by atoms with Gasteiger partial charge in [-0.3, -0.25) is 0 Å². The predicted octanol–water partition coefficient (Wildman–Crippen LogP) is 4.81. The lowest BCUT2D eigenvalue weighted by atomic mass is 10.2. The molecule has 0 saturated carbocycles. The lowest BCUT2D eigenvalue weighted by Crippen LogP contribution is -2.17. The van der Waals surface area contributed by atoms with Gasteiger partial charge < -0.3 is 9.47 Å². The Balaban J connectivity index is 1.94. The number of carbonyl (C=O) groups excluding carboxylic acids is 1. The fourth-order valence-electron chi connectivity index (χ4n) is 1.70. The van der Waals surface area contributed by atoms with Gasteiger partial charge in [0.15, 0.2) is 6.61 Å². The molecule has 2 aromatic rings. The lowest BCUT2D eigenvalue weighted by Gasteiger charge is -2.09. The van der Waals surface area contributed by atoms with Crippen molar-refractivity contribution in [2.45, 2.75) is 13.8 Å². The van der Waals surface area contributed by atoms with E-state index in [4.69, 9.17) is 9.47 Å². The van der Waals surface area contributed by atoms with Crippen molar-refractivity contribution >= 4 is 37.8 Å². The van der Waals surface area contributed by atoms with Crippen molar-refractivity contribution in [3.05, 3.63) is 56.5 Å². The average Bonchev–Trinajstić information content (AvgIpc) is 2.42. The van der Waals surface area contributed by atoms with Crippen LogP contribution in [-0.2, 0) is 4.79 Å². The van der Waals surface area contributed by atoms with Gasteiger partial charge in [-0.1, -0.05) is 22.0 Å². The Bertz CT molecular complexity index is 669. The molecule has 0 atom stereocenters. The minimum atomic E-state index is -0.441. The van der Waals surface area contributed by atoms with E-state index in [9.17, 15) is 4.79 Å². The van der Waals surface area contributed by atoms with Crippen LogP contribution in [0.15, 0.2) is 45.3 Å². The Kier molecular flexibility index (Phi) is 5.42. The molecule has 0 radical (unpaired) electrons. The lowest BCUT2D eigenvalue weighted by molar-refractivity contribution is -0.136. The van der Waals surface area contributed by atoms with Crippen molar-refractivity contribution in [1.82, 2.24) is 0 Å². The van der Waals surface area contributed by atoms with Crippen molar-refractivity contribution in [2.75, 3.05) is 6.61 Å². The molecule has 0 unspecified atom stereocenters. The first kappa shape index (κ1) is 16.0. The second kappa shape index (κ2) is 7.09. The Morgan fingerprint density at radius 2 is 1.81 bits per heavy atom. The molecule has 0 aliphatic carbocycles. The maximum Gasteiger partial charge on any atom is 0.349 e. The summed E-state index contributed by atoms with van der Waals surface area (Å²) in [4.78, 5) is 11.8. The van der Waals surface area contributed by atoms with Crippen molar-refractivity contribution in [2.24, 2.45) is 0 Å². The minimum Gasteiger partial charge on any atom is -0.481 e. The molecule has 0 aromatic heterocycles. The summed E-state index contributed by atoms with van der Waals surface area (Å²) in [6, 6.07) is 11.0. The predicted molar refractivity (Wildman–Crippen MR) is 88.9 cm³/mol. The third-order valence-electron chi connectivity index (χ3n) is 2.79. The van der Waals surface area contributed by atoms with Crippen LogP contribution < -0.4 is 9.47 Å². The highest BCUT2D eigenvalue weighted by Gasteiger charge is 2.09. The number of hydrogen-bond acceptors (Lipinski definition) is 3. The monoisotopic (exact) mass is 412 g/mol. The second-order valence-corrected chi connectivity index (χ2v) is 6.32. The van der Waals surface area contributed by atoms with Crippen LogP contribution in [0.3, 0.4) is 0 Å². The number of esters is 1. The first-order valence-electron chi connectivity index (χ1n) is 6.31. The van der Waals surface area contributed by atoms with E-state index in [2.05, 4.69) is 31.9 Å². The van der Waals surface area contributed by atoms with Gasteiger partial charge in [0.1, 0.15) is 11.5 Å². The largest absolute Gasteiger partial charge is 0.481 e. The van der Waals surface area contributed by atoms with Gasteiger partial charge in [-0.2, -0.15) is 0 Å². The van der Waals surface area contributed by atoms with Gasteiger partial charge in [-0.25, -0.2) is 4.79 Å². The van der Waals surface area contributed by atoms with Gasteiger partial charge in [0.25, 0.3) is 0 Å². The van der Waals surface area contributed by atoms with Crippen LogP contribution in [0.25, 0.3) is 0 Å².